The Morgan fingerprint density at radius 3 is 2.57 bits per heavy atom. The first-order chi connectivity index (χ1) is 17.8. The molecule has 0 spiro atoms. The second kappa shape index (κ2) is 12.6. The number of benzene rings is 2. The molecule has 2 aromatic carbocycles. The third kappa shape index (κ3) is 7.35. The van der Waals surface area contributed by atoms with Gasteiger partial charge in [-0.2, -0.15) is 0 Å². The summed E-state index contributed by atoms with van der Waals surface area (Å²) in [5.74, 6) is -0.0447. The lowest BCUT2D eigenvalue weighted by molar-refractivity contribution is -0.150. The fourth-order valence-electron chi connectivity index (χ4n) is 5.94. The SMILES string of the molecule is CC1CN(CC(Cc2ccccc2)C(=O)NCC(=O)OC2CCCCC2)CCC1(C)c1cccc(O)c1. The van der Waals surface area contributed by atoms with Crippen molar-refractivity contribution < 1.29 is 19.4 Å². The van der Waals surface area contributed by atoms with Gasteiger partial charge in [0.25, 0.3) is 0 Å². The van der Waals surface area contributed by atoms with E-state index in [0.717, 1.165) is 56.3 Å². The molecule has 3 unspecified atom stereocenters. The molecule has 6 heteroatoms. The summed E-state index contributed by atoms with van der Waals surface area (Å²) in [6, 6.07) is 17.7. The average Bonchev–Trinajstić information content (AvgIpc) is 2.90. The smallest absolute Gasteiger partial charge is 0.325 e. The number of hydrogen-bond donors (Lipinski definition) is 2. The normalized spacial score (nSPS) is 23.8. The molecule has 0 radical (unpaired) electrons. The van der Waals surface area contributed by atoms with E-state index in [9.17, 15) is 14.7 Å². The first-order valence-corrected chi connectivity index (χ1v) is 13.9. The molecule has 1 saturated heterocycles. The number of phenolic OH excluding ortho intramolecular Hbond substituents is 1. The van der Waals surface area contributed by atoms with Gasteiger partial charge in [-0.15, -0.1) is 0 Å². The maximum absolute atomic E-state index is 13.3. The highest BCUT2D eigenvalue weighted by molar-refractivity contribution is 5.84. The van der Waals surface area contributed by atoms with Gasteiger partial charge in [0.1, 0.15) is 18.4 Å². The van der Waals surface area contributed by atoms with E-state index in [0.29, 0.717) is 24.6 Å². The Labute approximate surface area is 221 Å². The Morgan fingerprint density at radius 2 is 1.86 bits per heavy atom. The first-order valence-electron chi connectivity index (χ1n) is 13.9. The Kier molecular flexibility index (Phi) is 9.25. The maximum Gasteiger partial charge on any atom is 0.325 e. The third-order valence-electron chi connectivity index (χ3n) is 8.50. The van der Waals surface area contributed by atoms with Crippen LogP contribution in [0.4, 0.5) is 0 Å². The van der Waals surface area contributed by atoms with Crippen LogP contribution in [0.1, 0.15) is 63.5 Å². The number of aromatic hydroxyl groups is 1. The number of hydrogen-bond acceptors (Lipinski definition) is 5. The van der Waals surface area contributed by atoms with Gasteiger partial charge in [0, 0.05) is 13.1 Å². The van der Waals surface area contributed by atoms with Crippen LogP contribution in [0.5, 0.6) is 5.75 Å². The van der Waals surface area contributed by atoms with Crippen molar-refractivity contribution in [2.45, 2.75) is 70.3 Å². The number of amides is 1. The van der Waals surface area contributed by atoms with Gasteiger partial charge in [0.2, 0.25) is 5.91 Å². The molecule has 1 aliphatic heterocycles. The molecule has 200 valence electrons. The van der Waals surface area contributed by atoms with E-state index in [4.69, 9.17) is 4.74 Å². The van der Waals surface area contributed by atoms with Gasteiger partial charge in [-0.25, -0.2) is 0 Å². The van der Waals surface area contributed by atoms with Crippen LogP contribution >= 0.6 is 0 Å². The minimum Gasteiger partial charge on any atom is -0.508 e. The highest BCUT2D eigenvalue weighted by atomic mass is 16.5. The number of carbonyl (C=O) groups is 2. The molecule has 1 amide bonds. The number of nitrogens with one attached hydrogen (secondary N) is 1. The van der Waals surface area contributed by atoms with Crippen LogP contribution in [0.15, 0.2) is 54.6 Å². The van der Waals surface area contributed by atoms with Crippen LogP contribution in [0, 0.1) is 11.8 Å². The van der Waals surface area contributed by atoms with Crippen molar-refractivity contribution in [1.29, 1.82) is 0 Å². The van der Waals surface area contributed by atoms with Crippen molar-refractivity contribution in [2.75, 3.05) is 26.2 Å². The van der Waals surface area contributed by atoms with Crippen molar-refractivity contribution in [2.24, 2.45) is 11.8 Å². The summed E-state index contributed by atoms with van der Waals surface area (Å²) in [6.45, 7) is 6.83. The van der Waals surface area contributed by atoms with Crippen molar-refractivity contribution >= 4 is 11.9 Å². The molecule has 37 heavy (non-hydrogen) atoms. The molecule has 0 aromatic heterocycles. The average molecular weight is 507 g/mol. The first kappa shape index (κ1) is 27.2. The largest absolute Gasteiger partial charge is 0.508 e. The van der Waals surface area contributed by atoms with Gasteiger partial charge >= 0.3 is 5.97 Å². The number of rotatable bonds is 9. The van der Waals surface area contributed by atoms with Gasteiger partial charge in [-0.1, -0.05) is 62.7 Å². The van der Waals surface area contributed by atoms with Crippen LogP contribution in [-0.2, 0) is 26.2 Å². The van der Waals surface area contributed by atoms with Crippen molar-refractivity contribution in [3.63, 3.8) is 0 Å². The van der Waals surface area contributed by atoms with E-state index < -0.39 is 0 Å². The van der Waals surface area contributed by atoms with Crippen molar-refractivity contribution in [1.82, 2.24) is 10.2 Å². The third-order valence-corrected chi connectivity index (χ3v) is 8.50. The van der Waals surface area contributed by atoms with E-state index in [2.05, 4.69) is 42.3 Å². The molecule has 1 saturated carbocycles. The number of ether oxygens (including phenoxy) is 1. The van der Waals surface area contributed by atoms with Gasteiger partial charge in [0.05, 0.1) is 5.92 Å². The molecular weight excluding hydrogens is 464 g/mol. The van der Waals surface area contributed by atoms with Gasteiger partial charge in [-0.3, -0.25) is 9.59 Å². The minimum atomic E-state index is -0.341. The van der Waals surface area contributed by atoms with Gasteiger partial charge < -0.3 is 20.1 Å². The molecule has 6 nitrogen and oxygen atoms in total. The number of piperidine rings is 1. The summed E-state index contributed by atoms with van der Waals surface area (Å²) in [5.41, 5.74) is 2.24. The lowest BCUT2D eigenvalue weighted by atomic mass is 9.68. The molecule has 2 aromatic rings. The monoisotopic (exact) mass is 506 g/mol. The lowest BCUT2D eigenvalue weighted by Gasteiger charge is -2.45. The molecule has 1 aliphatic carbocycles. The summed E-state index contributed by atoms with van der Waals surface area (Å²) in [6.07, 6.45) is 6.81. The summed E-state index contributed by atoms with van der Waals surface area (Å²) in [5, 5.41) is 12.9. The second-order valence-electron chi connectivity index (χ2n) is 11.2. The van der Waals surface area contributed by atoms with Crippen LogP contribution in [0.25, 0.3) is 0 Å². The highest BCUT2D eigenvalue weighted by Crippen LogP contribution is 2.40. The number of nitrogens with zero attached hydrogens (tertiary/aromatic N) is 1. The topological polar surface area (TPSA) is 78.9 Å². The van der Waals surface area contributed by atoms with Crippen LogP contribution < -0.4 is 5.32 Å². The summed E-state index contributed by atoms with van der Waals surface area (Å²) < 4.78 is 5.60. The molecule has 0 bridgehead atoms. The molecular formula is C31H42N2O4. The van der Waals surface area contributed by atoms with E-state index in [1.807, 2.05) is 30.3 Å². The number of phenols is 1. The second-order valence-corrected chi connectivity index (χ2v) is 11.2. The zero-order valence-corrected chi connectivity index (χ0v) is 22.3. The van der Waals surface area contributed by atoms with Crippen molar-refractivity contribution in [3.05, 3.63) is 65.7 Å². The van der Waals surface area contributed by atoms with Gasteiger partial charge in [0.15, 0.2) is 0 Å². The maximum atomic E-state index is 13.3. The Balaban J connectivity index is 1.37. The minimum absolute atomic E-state index is 0.00561. The van der Waals surface area contributed by atoms with E-state index in [1.54, 1.807) is 6.07 Å². The molecule has 2 fully saturated rings. The van der Waals surface area contributed by atoms with Gasteiger partial charge in [-0.05, 0) is 79.7 Å². The number of esters is 1. The van der Waals surface area contributed by atoms with Crippen LogP contribution in [0.2, 0.25) is 0 Å². The molecule has 2 aliphatic rings. The zero-order valence-electron chi connectivity index (χ0n) is 22.3. The summed E-state index contributed by atoms with van der Waals surface area (Å²) >= 11 is 0. The quantitative estimate of drug-likeness (QED) is 0.476. The van der Waals surface area contributed by atoms with E-state index in [1.165, 1.54) is 6.42 Å². The summed E-state index contributed by atoms with van der Waals surface area (Å²) in [4.78, 5) is 28.1. The fraction of sp³-hybridized carbons (Fsp3) is 0.548. The molecule has 3 atom stereocenters. The van der Waals surface area contributed by atoms with Crippen LogP contribution in [0.3, 0.4) is 0 Å². The molecule has 2 N–H and O–H groups in total. The highest BCUT2D eigenvalue weighted by Gasteiger charge is 2.39. The Morgan fingerprint density at radius 1 is 1.11 bits per heavy atom. The Bertz CT molecular complexity index is 1040. The van der Waals surface area contributed by atoms with E-state index >= 15 is 0 Å². The lowest BCUT2D eigenvalue weighted by Crippen LogP contribution is -2.50. The van der Waals surface area contributed by atoms with Crippen LogP contribution in [-0.4, -0.2) is 54.2 Å². The van der Waals surface area contributed by atoms with E-state index in [-0.39, 0.29) is 35.9 Å². The zero-order chi connectivity index (χ0) is 26.3. The van der Waals surface area contributed by atoms with Crippen molar-refractivity contribution in [3.8, 4) is 5.75 Å². The fourth-order valence-corrected chi connectivity index (χ4v) is 5.94. The molecule has 4 rings (SSSR count). The predicted molar refractivity (Wildman–Crippen MR) is 145 cm³/mol. The standard InChI is InChI=1S/C31H42N2O4/c1-23-21-33(17-16-31(23,2)26-12-9-13-27(34)19-26)22-25(18-24-10-5-3-6-11-24)30(36)32-20-29(35)37-28-14-7-4-8-15-28/h3,5-6,9-13,19,23,25,28,34H,4,7-8,14-18,20-22H2,1-2H3,(H,32,36). The predicted octanol–water partition coefficient (Wildman–Crippen LogP) is 4.84. The molecule has 1 heterocycles. The summed E-state index contributed by atoms with van der Waals surface area (Å²) in [7, 11) is 0. The Hall–Kier alpha value is -2.86. The number of likely N-dealkylation sites (tertiary alicyclic amines) is 1. The number of carbonyl (C=O) groups excluding carboxylic acids is 2.